The second-order valence-electron chi connectivity index (χ2n) is 5.72. The maximum absolute atomic E-state index is 12.4. The highest BCUT2D eigenvalue weighted by Gasteiger charge is 2.12. The summed E-state index contributed by atoms with van der Waals surface area (Å²) in [5.74, 6) is 2.38. The van der Waals surface area contributed by atoms with E-state index >= 15 is 0 Å². The number of benzene rings is 3. The van der Waals surface area contributed by atoms with Crippen LogP contribution in [0.5, 0.6) is 11.5 Å². The van der Waals surface area contributed by atoms with Crippen molar-refractivity contribution in [3.05, 3.63) is 68.6 Å². The maximum atomic E-state index is 12.4. The topological polar surface area (TPSA) is 70.9 Å². The number of carbonyl (C=O) groups excluding carboxylic acids is 1. The van der Waals surface area contributed by atoms with Crippen molar-refractivity contribution in [3.8, 4) is 23.8 Å². The predicted molar refractivity (Wildman–Crippen MR) is 117 cm³/mol. The first-order valence-electron chi connectivity index (χ1n) is 8.10. The van der Waals surface area contributed by atoms with Gasteiger partial charge in [0.05, 0.1) is 20.7 Å². The molecule has 0 spiro atoms. The van der Waals surface area contributed by atoms with E-state index in [1.54, 1.807) is 24.3 Å². The van der Waals surface area contributed by atoms with Gasteiger partial charge >= 0.3 is 0 Å². The number of ether oxygens (including phenoxy) is 1. The molecule has 0 aliphatic rings. The fourth-order valence-electron chi connectivity index (χ4n) is 2.54. The number of nitrogens with one attached hydrogen (secondary N) is 1. The van der Waals surface area contributed by atoms with Crippen molar-refractivity contribution >= 4 is 54.8 Å². The van der Waals surface area contributed by atoms with Crippen molar-refractivity contribution in [1.29, 1.82) is 0 Å². The third kappa shape index (κ3) is 4.53. The molecule has 3 rings (SSSR count). The quantitative estimate of drug-likeness (QED) is 0.298. The van der Waals surface area contributed by atoms with Crippen LogP contribution in [0.4, 0.5) is 0 Å². The number of carbonyl (C=O) groups is 1. The van der Waals surface area contributed by atoms with Gasteiger partial charge in [0, 0.05) is 0 Å². The molecule has 7 heteroatoms. The number of amides is 1. The third-order valence-electron chi connectivity index (χ3n) is 3.81. The molecule has 0 fully saturated rings. The van der Waals surface area contributed by atoms with Crippen molar-refractivity contribution in [3.63, 3.8) is 0 Å². The van der Waals surface area contributed by atoms with Gasteiger partial charge in [0.15, 0.2) is 0 Å². The fraction of sp³-hybridized carbons (Fsp3) is 0.0476. The van der Waals surface area contributed by atoms with Gasteiger partial charge in [0.25, 0.3) is 5.91 Å². The van der Waals surface area contributed by atoms with Crippen LogP contribution < -0.4 is 10.2 Å². The van der Waals surface area contributed by atoms with Gasteiger partial charge in [-0.15, -0.1) is 6.42 Å². The average Bonchev–Trinajstić information content (AvgIpc) is 2.66. The molecule has 2 N–H and O–H groups in total. The Morgan fingerprint density at radius 3 is 2.46 bits per heavy atom. The van der Waals surface area contributed by atoms with Crippen LogP contribution in [-0.4, -0.2) is 23.8 Å². The van der Waals surface area contributed by atoms with E-state index in [2.05, 4.69) is 48.3 Å². The Bertz CT molecular complexity index is 1100. The van der Waals surface area contributed by atoms with Gasteiger partial charge in [0.2, 0.25) is 0 Å². The summed E-state index contributed by atoms with van der Waals surface area (Å²) in [4.78, 5) is 12.4. The monoisotopic (exact) mass is 500 g/mol. The SMILES string of the molecule is C#CCOc1c(Br)cc(C=NNC(=O)c2cc3ccccc3cc2O)cc1Br. The Kier molecular flexibility index (Phi) is 6.34. The molecular formula is C21H14Br2N2O3. The minimum atomic E-state index is -0.508. The first-order chi connectivity index (χ1) is 13.5. The van der Waals surface area contributed by atoms with Crippen LogP contribution in [0.2, 0.25) is 0 Å². The summed E-state index contributed by atoms with van der Waals surface area (Å²) in [7, 11) is 0. The lowest BCUT2D eigenvalue weighted by atomic mass is 10.1. The number of halogens is 2. The molecule has 0 bridgehead atoms. The number of hydrogen-bond donors (Lipinski definition) is 2. The molecule has 3 aromatic carbocycles. The molecule has 0 saturated heterocycles. The fourth-order valence-corrected chi connectivity index (χ4v) is 3.99. The zero-order chi connectivity index (χ0) is 20.1. The Morgan fingerprint density at radius 2 is 1.82 bits per heavy atom. The van der Waals surface area contributed by atoms with Gasteiger partial charge in [-0.1, -0.05) is 30.2 Å². The van der Waals surface area contributed by atoms with E-state index in [0.29, 0.717) is 14.7 Å². The highest BCUT2D eigenvalue weighted by atomic mass is 79.9. The summed E-state index contributed by atoms with van der Waals surface area (Å²) in [6.07, 6.45) is 6.69. The van der Waals surface area contributed by atoms with Gasteiger partial charge < -0.3 is 9.84 Å². The zero-order valence-electron chi connectivity index (χ0n) is 14.4. The minimum Gasteiger partial charge on any atom is -0.507 e. The molecule has 0 saturated carbocycles. The normalized spacial score (nSPS) is 10.8. The van der Waals surface area contributed by atoms with Crippen molar-refractivity contribution in [2.45, 2.75) is 0 Å². The molecule has 0 radical (unpaired) electrons. The Balaban J connectivity index is 1.75. The molecule has 140 valence electrons. The Hall–Kier alpha value is -2.82. The minimum absolute atomic E-state index is 0.105. The van der Waals surface area contributed by atoms with Crippen LogP contribution in [0, 0.1) is 12.3 Å². The van der Waals surface area contributed by atoms with Gasteiger partial charge in [-0.3, -0.25) is 4.79 Å². The lowest BCUT2D eigenvalue weighted by Crippen LogP contribution is -2.17. The number of terminal acetylenes is 1. The lowest BCUT2D eigenvalue weighted by Gasteiger charge is -2.09. The van der Waals surface area contributed by atoms with E-state index in [1.165, 1.54) is 6.21 Å². The van der Waals surface area contributed by atoms with E-state index < -0.39 is 5.91 Å². The second kappa shape index (κ2) is 8.91. The molecule has 0 heterocycles. The summed E-state index contributed by atoms with van der Waals surface area (Å²) in [5.41, 5.74) is 3.29. The molecule has 0 aliphatic carbocycles. The number of hydrogen-bond acceptors (Lipinski definition) is 4. The molecule has 0 unspecified atom stereocenters. The number of rotatable bonds is 5. The lowest BCUT2D eigenvalue weighted by molar-refractivity contribution is 0.0952. The van der Waals surface area contributed by atoms with E-state index in [-0.39, 0.29) is 17.9 Å². The van der Waals surface area contributed by atoms with E-state index in [1.807, 2.05) is 24.3 Å². The smallest absolute Gasteiger partial charge is 0.275 e. The zero-order valence-corrected chi connectivity index (χ0v) is 17.6. The van der Waals surface area contributed by atoms with Crippen LogP contribution in [-0.2, 0) is 0 Å². The van der Waals surface area contributed by atoms with Crippen LogP contribution >= 0.6 is 31.9 Å². The van der Waals surface area contributed by atoms with Crippen LogP contribution in [0.25, 0.3) is 10.8 Å². The molecule has 0 aromatic heterocycles. The van der Waals surface area contributed by atoms with Gasteiger partial charge in [-0.05, 0) is 72.5 Å². The summed E-state index contributed by atoms with van der Waals surface area (Å²) >= 11 is 6.83. The highest BCUT2D eigenvalue weighted by molar-refractivity contribution is 9.11. The van der Waals surface area contributed by atoms with Crippen molar-refractivity contribution in [2.24, 2.45) is 5.10 Å². The van der Waals surface area contributed by atoms with E-state index in [4.69, 9.17) is 11.2 Å². The first kappa shape index (κ1) is 19.9. The molecule has 1 amide bonds. The number of hydrazone groups is 1. The third-order valence-corrected chi connectivity index (χ3v) is 4.99. The molecule has 3 aromatic rings. The second-order valence-corrected chi connectivity index (χ2v) is 7.43. The van der Waals surface area contributed by atoms with Gasteiger partial charge in [-0.2, -0.15) is 5.10 Å². The largest absolute Gasteiger partial charge is 0.507 e. The van der Waals surface area contributed by atoms with E-state index in [9.17, 15) is 9.90 Å². The van der Waals surface area contributed by atoms with Crippen LogP contribution in [0.3, 0.4) is 0 Å². The summed E-state index contributed by atoms with van der Waals surface area (Å²) in [6, 6.07) is 14.2. The number of aromatic hydroxyl groups is 1. The number of fused-ring (bicyclic) bond motifs is 1. The average molecular weight is 502 g/mol. The van der Waals surface area contributed by atoms with Crippen molar-refractivity contribution in [1.82, 2.24) is 5.43 Å². The summed E-state index contributed by atoms with van der Waals surface area (Å²) in [6.45, 7) is 0.149. The van der Waals surface area contributed by atoms with Crippen LogP contribution in [0.1, 0.15) is 15.9 Å². The maximum Gasteiger partial charge on any atom is 0.275 e. The molecular weight excluding hydrogens is 488 g/mol. The number of phenolic OH excluding ortho intramolecular Hbond substituents is 1. The van der Waals surface area contributed by atoms with Gasteiger partial charge in [0.1, 0.15) is 18.1 Å². The van der Waals surface area contributed by atoms with E-state index in [0.717, 1.165) is 16.3 Å². The van der Waals surface area contributed by atoms with Crippen molar-refractivity contribution in [2.75, 3.05) is 6.61 Å². The number of phenols is 1. The molecule has 28 heavy (non-hydrogen) atoms. The molecule has 0 atom stereocenters. The Morgan fingerprint density at radius 1 is 1.18 bits per heavy atom. The molecule has 0 aliphatic heterocycles. The standard InChI is InChI=1S/C21H14Br2N2O3/c1-2-7-28-20-17(22)8-13(9-18(20)23)12-24-25-21(27)16-10-14-5-3-4-6-15(14)11-19(16)26/h1,3-6,8-12,26H,7H2,(H,25,27). The first-order valence-corrected chi connectivity index (χ1v) is 9.68. The summed E-state index contributed by atoms with van der Waals surface area (Å²) < 4.78 is 6.83. The molecule has 5 nitrogen and oxygen atoms in total. The number of nitrogens with zero attached hydrogens (tertiary/aromatic N) is 1. The predicted octanol–water partition coefficient (Wildman–Crippen LogP) is 4.85. The van der Waals surface area contributed by atoms with Crippen molar-refractivity contribution < 1.29 is 14.6 Å². The van der Waals surface area contributed by atoms with Gasteiger partial charge in [-0.25, -0.2) is 5.43 Å². The summed E-state index contributed by atoms with van der Waals surface area (Å²) in [5, 5.41) is 15.8. The Labute approximate surface area is 178 Å². The highest BCUT2D eigenvalue weighted by Crippen LogP contribution is 2.34. The van der Waals surface area contributed by atoms with Crippen LogP contribution in [0.15, 0.2) is 62.6 Å².